The zero-order valence-electron chi connectivity index (χ0n) is 20.8. The largest absolute Gasteiger partial charge is 0.497 e. The highest BCUT2D eigenvalue weighted by Gasteiger charge is 2.34. The Morgan fingerprint density at radius 2 is 2.03 bits per heavy atom. The third kappa shape index (κ3) is 6.77. The molecule has 1 saturated heterocycles. The van der Waals surface area contributed by atoms with Crippen LogP contribution in [0.5, 0.6) is 5.75 Å². The Morgan fingerprint density at radius 1 is 1.24 bits per heavy atom. The Hall–Kier alpha value is -2.75. The lowest BCUT2D eigenvalue weighted by atomic mass is 9.81. The Morgan fingerprint density at radius 3 is 2.76 bits per heavy atom. The van der Waals surface area contributed by atoms with E-state index in [1.54, 1.807) is 19.4 Å². The number of likely N-dealkylation sites (tertiary alicyclic amines) is 1. The maximum atomic E-state index is 13.8. The number of piperidine rings is 1. The quantitative estimate of drug-likeness (QED) is 0.249. The Kier molecular flexibility index (Phi) is 9.34. The van der Waals surface area contributed by atoms with Crippen LogP contribution in [0.25, 0.3) is 10.9 Å². The van der Waals surface area contributed by atoms with Crippen molar-refractivity contribution >= 4 is 28.6 Å². The number of carboxylic acids is 1. The molecule has 3 atom stereocenters. The van der Waals surface area contributed by atoms with E-state index in [1.165, 1.54) is 18.2 Å². The SMILES string of the molecule is COc1ccc2nccc([C@@H](O)CC[C@@H]3CCN(CCCSc4c(F)cccc4F)C[C@@H]3C(=O)O)c2c1. The summed E-state index contributed by atoms with van der Waals surface area (Å²) in [5.41, 5.74) is 1.53. The standard InChI is InChI=1S/C28H32F2N2O4S/c1-36-19-7-8-25-21(16-19)20(10-12-31-25)26(33)9-6-18-11-14-32(17-22(18)28(34)35)13-3-15-37-27-23(29)4-2-5-24(27)30/h2,4-5,7-8,10,12,16,18,22,26,33H,3,6,9,11,13-15,17H2,1H3,(H,34,35)/t18-,22+,26+/m1/s1. The molecule has 198 valence electrons. The highest BCUT2D eigenvalue weighted by Crippen LogP contribution is 2.34. The van der Waals surface area contributed by atoms with Crippen LogP contribution in [0.2, 0.25) is 0 Å². The van der Waals surface area contributed by atoms with Gasteiger partial charge in [-0.1, -0.05) is 6.07 Å². The fraction of sp³-hybridized carbons (Fsp3) is 0.429. The molecule has 1 aromatic heterocycles. The fourth-order valence-electron chi connectivity index (χ4n) is 5.07. The number of ether oxygens (including phenoxy) is 1. The lowest BCUT2D eigenvalue weighted by molar-refractivity contribution is -0.146. The highest BCUT2D eigenvalue weighted by atomic mass is 32.2. The summed E-state index contributed by atoms with van der Waals surface area (Å²) < 4.78 is 32.9. The second-order valence-corrected chi connectivity index (χ2v) is 10.5. The van der Waals surface area contributed by atoms with Crippen LogP contribution in [-0.2, 0) is 4.79 Å². The summed E-state index contributed by atoms with van der Waals surface area (Å²) in [6, 6.07) is 11.2. The van der Waals surface area contributed by atoms with Gasteiger partial charge in [-0.15, -0.1) is 11.8 Å². The number of fused-ring (bicyclic) bond motifs is 1. The van der Waals surface area contributed by atoms with Gasteiger partial charge in [-0.2, -0.15) is 0 Å². The van der Waals surface area contributed by atoms with Crippen molar-refractivity contribution in [2.45, 2.75) is 36.7 Å². The fourth-order valence-corrected chi connectivity index (χ4v) is 5.96. The van der Waals surface area contributed by atoms with Crippen LogP contribution in [0, 0.1) is 23.5 Å². The lowest BCUT2D eigenvalue weighted by Gasteiger charge is -2.37. The number of aliphatic carboxylic acids is 1. The number of hydrogen-bond donors (Lipinski definition) is 2. The molecule has 37 heavy (non-hydrogen) atoms. The second kappa shape index (κ2) is 12.7. The summed E-state index contributed by atoms with van der Waals surface area (Å²) in [5.74, 6) is -1.27. The van der Waals surface area contributed by atoms with Gasteiger partial charge in [0.15, 0.2) is 0 Å². The average molecular weight is 531 g/mol. The number of methoxy groups -OCH3 is 1. The maximum absolute atomic E-state index is 13.8. The predicted molar refractivity (Wildman–Crippen MR) is 140 cm³/mol. The van der Waals surface area contributed by atoms with Crippen LogP contribution < -0.4 is 4.74 Å². The molecule has 6 nitrogen and oxygen atoms in total. The number of carboxylic acid groups (broad SMARTS) is 1. The molecule has 0 unspecified atom stereocenters. The second-order valence-electron chi connectivity index (χ2n) is 9.42. The molecule has 2 aromatic carbocycles. The van der Waals surface area contributed by atoms with Gasteiger partial charge in [-0.25, -0.2) is 8.78 Å². The molecule has 0 bridgehead atoms. The number of aliphatic hydroxyl groups is 1. The van der Waals surface area contributed by atoms with Gasteiger partial charge in [0, 0.05) is 18.1 Å². The zero-order valence-corrected chi connectivity index (χ0v) is 21.6. The van der Waals surface area contributed by atoms with Crippen molar-refractivity contribution in [3.8, 4) is 5.75 Å². The first-order chi connectivity index (χ1) is 17.9. The van der Waals surface area contributed by atoms with Crippen molar-refractivity contribution in [2.75, 3.05) is 32.5 Å². The minimum Gasteiger partial charge on any atom is -0.497 e. The molecule has 0 aliphatic carbocycles. The van der Waals surface area contributed by atoms with Crippen molar-refractivity contribution < 1.29 is 28.5 Å². The lowest BCUT2D eigenvalue weighted by Crippen LogP contribution is -2.44. The number of thioether (sulfide) groups is 1. The number of hydrogen-bond acceptors (Lipinski definition) is 6. The van der Waals surface area contributed by atoms with Crippen molar-refractivity contribution in [1.82, 2.24) is 9.88 Å². The van der Waals surface area contributed by atoms with Gasteiger partial charge >= 0.3 is 5.97 Å². The molecule has 0 saturated carbocycles. The van der Waals surface area contributed by atoms with Gasteiger partial charge in [-0.3, -0.25) is 9.78 Å². The maximum Gasteiger partial charge on any atom is 0.308 e. The van der Waals surface area contributed by atoms with E-state index in [4.69, 9.17) is 4.74 Å². The van der Waals surface area contributed by atoms with E-state index in [9.17, 15) is 23.8 Å². The number of nitrogens with zero attached hydrogens (tertiary/aromatic N) is 2. The smallest absolute Gasteiger partial charge is 0.308 e. The van der Waals surface area contributed by atoms with Crippen molar-refractivity contribution in [1.29, 1.82) is 0 Å². The van der Waals surface area contributed by atoms with Gasteiger partial charge in [0.2, 0.25) is 0 Å². The van der Waals surface area contributed by atoms with E-state index in [0.717, 1.165) is 41.2 Å². The normalized spacial score (nSPS) is 19.1. The molecule has 0 radical (unpaired) electrons. The van der Waals surface area contributed by atoms with Gasteiger partial charge < -0.3 is 19.8 Å². The minimum absolute atomic E-state index is 0.0311. The van der Waals surface area contributed by atoms with Gasteiger partial charge in [-0.05, 0) is 92.4 Å². The summed E-state index contributed by atoms with van der Waals surface area (Å²) in [7, 11) is 1.59. The molecule has 0 amide bonds. The molecule has 0 spiro atoms. The van der Waals surface area contributed by atoms with E-state index in [1.807, 2.05) is 18.2 Å². The summed E-state index contributed by atoms with van der Waals surface area (Å²) in [6.45, 7) is 1.87. The number of aromatic nitrogens is 1. The first-order valence-electron chi connectivity index (χ1n) is 12.5. The Bertz CT molecular complexity index is 1210. The average Bonchev–Trinajstić information content (AvgIpc) is 2.90. The Balaban J connectivity index is 1.30. The summed E-state index contributed by atoms with van der Waals surface area (Å²) >= 11 is 1.15. The zero-order chi connectivity index (χ0) is 26.4. The van der Waals surface area contributed by atoms with Crippen LogP contribution in [0.3, 0.4) is 0 Å². The number of benzene rings is 2. The first kappa shape index (κ1) is 27.3. The molecular weight excluding hydrogens is 498 g/mol. The van der Waals surface area contributed by atoms with Crippen molar-refractivity contribution in [3.05, 3.63) is 65.9 Å². The summed E-state index contributed by atoms with van der Waals surface area (Å²) in [4.78, 5) is 18.6. The summed E-state index contributed by atoms with van der Waals surface area (Å²) in [6.07, 6.45) is 3.42. The van der Waals surface area contributed by atoms with Gasteiger partial charge in [0.25, 0.3) is 0 Å². The predicted octanol–water partition coefficient (Wildman–Crippen LogP) is 5.54. The molecule has 2 heterocycles. The van der Waals surface area contributed by atoms with Crippen LogP contribution >= 0.6 is 11.8 Å². The van der Waals surface area contributed by atoms with Gasteiger partial charge in [0.1, 0.15) is 17.4 Å². The van der Waals surface area contributed by atoms with Gasteiger partial charge in [0.05, 0.1) is 29.5 Å². The van der Waals surface area contributed by atoms with Crippen LogP contribution in [0.4, 0.5) is 8.78 Å². The summed E-state index contributed by atoms with van der Waals surface area (Å²) in [5, 5.41) is 21.7. The molecule has 2 N–H and O–H groups in total. The van der Waals surface area contributed by atoms with E-state index >= 15 is 0 Å². The number of carbonyl (C=O) groups is 1. The number of rotatable bonds is 11. The number of halogens is 2. The van der Waals surface area contributed by atoms with Crippen molar-refractivity contribution in [2.24, 2.45) is 11.8 Å². The van der Waals surface area contributed by atoms with E-state index in [2.05, 4.69) is 9.88 Å². The monoisotopic (exact) mass is 530 g/mol. The Labute approximate surface area is 219 Å². The third-order valence-corrected chi connectivity index (χ3v) is 8.27. The highest BCUT2D eigenvalue weighted by molar-refractivity contribution is 7.99. The van der Waals surface area contributed by atoms with Crippen molar-refractivity contribution in [3.63, 3.8) is 0 Å². The third-order valence-electron chi connectivity index (χ3n) is 7.09. The molecule has 4 rings (SSSR count). The first-order valence-corrected chi connectivity index (χ1v) is 13.5. The number of pyridine rings is 1. The van der Waals surface area contributed by atoms with Crippen LogP contribution in [-0.4, -0.2) is 58.6 Å². The van der Waals surface area contributed by atoms with E-state index < -0.39 is 29.6 Å². The topological polar surface area (TPSA) is 82.9 Å². The minimum atomic E-state index is -0.828. The molecule has 3 aromatic rings. The molecular formula is C28H32F2N2O4S. The molecule has 1 aliphatic rings. The van der Waals surface area contributed by atoms with E-state index in [0.29, 0.717) is 43.9 Å². The van der Waals surface area contributed by atoms with Crippen LogP contribution in [0.15, 0.2) is 53.6 Å². The number of aliphatic hydroxyl groups excluding tert-OH is 1. The molecule has 1 fully saturated rings. The van der Waals surface area contributed by atoms with E-state index in [-0.39, 0.29) is 10.8 Å². The molecule has 1 aliphatic heterocycles. The van der Waals surface area contributed by atoms with Crippen LogP contribution in [0.1, 0.15) is 37.4 Å². The molecule has 9 heteroatoms.